The van der Waals surface area contributed by atoms with Crippen molar-refractivity contribution in [2.45, 2.75) is 143 Å². The van der Waals surface area contributed by atoms with Crippen molar-refractivity contribution in [1.82, 2.24) is 0 Å². The van der Waals surface area contributed by atoms with Gasteiger partial charge in [0.1, 0.15) is 70.4 Å². The van der Waals surface area contributed by atoms with Crippen LogP contribution in [-0.2, 0) is 85.7 Å². The molecule has 4 bridgehead atoms. The molecule has 6 heterocycles. The van der Waals surface area contributed by atoms with Crippen LogP contribution in [-0.4, -0.2) is 134 Å². The predicted molar refractivity (Wildman–Crippen MR) is 194 cm³/mol. The van der Waals surface area contributed by atoms with Crippen molar-refractivity contribution >= 4 is 47.8 Å². The van der Waals surface area contributed by atoms with Crippen molar-refractivity contribution in [3.63, 3.8) is 0 Å². The number of carbonyl (C=O) groups is 8. The lowest BCUT2D eigenvalue weighted by molar-refractivity contribution is -0.179. The van der Waals surface area contributed by atoms with Crippen LogP contribution in [0.3, 0.4) is 0 Å². The number of hydrogen-bond donors (Lipinski definition) is 0. The van der Waals surface area contributed by atoms with Gasteiger partial charge in [0.2, 0.25) is 0 Å². The summed E-state index contributed by atoms with van der Waals surface area (Å²) in [6, 6.07) is 0. The summed E-state index contributed by atoms with van der Waals surface area (Å²) in [5.74, 6) is -11.4. The highest BCUT2D eigenvalue weighted by atomic mass is 19.4. The van der Waals surface area contributed by atoms with Gasteiger partial charge >= 0.3 is 60.1 Å². The van der Waals surface area contributed by atoms with E-state index >= 15 is 0 Å². The quantitative estimate of drug-likeness (QED) is 0.118. The number of methoxy groups -OCH3 is 2. The molecule has 12 unspecified atom stereocenters. The standard InChI is InChI=1S/C21H23F3O9.C20H21F3O9/c1-9(21(22,23)24)17(26)33-20(6-4-3-5-7-20)8-10(25)30-15-13-11(18(27)29-2)12-14(31-13)16(15)32-19(12)28;1-8(20(21,22)23)16(25)32-19(5-3-4-6-19)7-9(24)29-14-12-10(17(26)28-2)11-13(30-12)15(14)31-18(11)27/h11-16H,1,3-8H2,2H3;10-15H,1,3-7H2,2H3. The number of esters is 8. The van der Waals surface area contributed by atoms with Crippen molar-refractivity contribution in [2.75, 3.05) is 14.2 Å². The van der Waals surface area contributed by atoms with Gasteiger partial charge in [0, 0.05) is 0 Å². The molecule has 8 fully saturated rings. The van der Waals surface area contributed by atoms with E-state index in [0.717, 1.165) is 20.6 Å². The summed E-state index contributed by atoms with van der Waals surface area (Å²) in [5, 5.41) is 0. The third-order valence-electron chi connectivity index (χ3n) is 13.3. The van der Waals surface area contributed by atoms with Gasteiger partial charge in [0.05, 0.1) is 27.1 Å². The van der Waals surface area contributed by atoms with Crippen molar-refractivity contribution in [3.05, 3.63) is 24.3 Å². The van der Waals surface area contributed by atoms with Crippen LogP contribution in [0.15, 0.2) is 24.3 Å². The van der Waals surface area contributed by atoms with E-state index in [1.165, 1.54) is 0 Å². The first-order chi connectivity index (χ1) is 30.4. The molecule has 0 radical (unpaired) electrons. The Morgan fingerprint density at radius 3 is 1.23 bits per heavy atom. The maximum atomic E-state index is 12.9. The molecule has 0 aromatic carbocycles. The maximum absolute atomic E-state index is 12.9. The highest BCUT2D eigenvalue weighted by Crippen LogP contribution is 2.53. The number of carbonyl (C=O) groups excluding carboxylic acids is 8. The van der Waals surface area contributed by atoms with Gasteiger partial charge in [-0.25, -0.2) is 9.59 Å². The van der Waals surface area contributed by atoms with Gasteiger partial charge in [-0.2, -0.15) is 26.3 Å². The minimum Gasteiger partial charge on any atom is -0.469 e. The van der Waals surface area contributed by atoms with Crippen LogP contribution in [0.25, 0.3) is 0 Å². The third-order valence-corrected chi connectivity index (χ3v) is 13.3. The normalized spacial score (nSPS) is 34.0. The first-order valence-electron chi connectivity index (χ1n) is 20.7. The molecule has 0 aromatic rings. The number of halogens is 6. The molecule has 65 heavy (non-hydrogen) atoms. The number of ether oxygens (including phenoxy) is 10. The van der Waals surface area contributed by atoms with Crippen molar-refractivity contribution < 1.29 is 112 Å². The lowest BCUT2D eigenvalue weighted by atomic mass is 9.78. The first-order valence-corrected chi connectivity index (χ1v) is 20.7. The van der Waals surface area contributed by atoms with Crippen LogP contribution in [0, 0.1) is 23.7 Å². The Balaban J connectivity index is 0.000000194. The Kier molecular flexibility index (Phi) is 12.9. The van der Waals surface area contributed by atoms with Crippen LogP contribution in [0.4, 0.5) is 26.3 Å². The Morgan fingerprint density at radius 2 is 0.908 bits per heavy atom. The summed E-state index contributed by atoms with van der Waals surface area (Å²) in [6.45, 7) is 5.48. The summed E-state index contributed by atoms with van der Waals surface area (Å²) in [5.41, 5.74) is -6.26. The summed E-state index contributed by atoms with van der Waals surface area (Å²) < 4.78 is 129. The van der Waals surface area contributed by atoms with E-state index in [1.807, 2.05) is 0 Å². The molecule has 8 rings (SSSR count). The average molecular weight is 939 g/mol. The van der Waals surface area contributed by atoms with E-state index in [-0.39, 0.29) is 25.7 Å². The molecule has 8 aliphatic rings. The molecule has 0 amide bonds. The van der Waals surface area contributed by atoms with Gasteiger partial charge in [-0.05, 0) is 51.4 Å². The molecule has 358 valence electrons. The highest BCUT2D eigenvalue weighted by Gasteiger charge is 2.73. The molecule has 0 spiro atoms. The Hall–Kier alpha value is -5.26. The molecular weight excluding hydrogens is 894 g/mol. The third kappa shape index (κ3) is 8.90. The predicted octanol–water partition coefficient (Wildman–Crippen LogP) is 3.14. The second-order valence-corrected chi connectivity index (χ2v) is 17.2. The number of alkyl halides is 6. The maximum Gasteiger partial charge on any atom is 0.422 e. The molecular formula is C41H44F6O18. The van der Waals surface area contributed by atoms with E-state index in [0.29, 0.717) is 25.7 Å². The van der Waals surface area contributed by atoms with Gasteiger partial charge < -0.3 is 47.4 Å². The summed E-state index contributed by atoms with van der Waals surface area (Å²) in [6.07, 6.45) is -14.6. The van der Waals surface area contributed by atoms with E-state index in [4.69, 9.17) is 47.4 Å². The van der Waals surface area contributed by atoms with Crippen LogP contribution in [0.5, 0.6) is 0 Å². The van der Waals surface area contributed by atoms with Crippen LogP contribution in [0.1, 0.15) is 70.6 Å². The van der Waals surface area contributed by atoms with Crippen LogP contribution in [0.2, 0.25) is 0 Å². The van der Waals surface area contributed by atoms with Gasteiger partial charge in [-0.15, -0.1) is 0 Å². The van der Waals surface area contributed by atoms with Gasteiger partial charge in [-0.1, -0.05) is 19.6 Å². The summed E-state index contributed by atoms with van der Waals surface area (Å²) >= 11 is 0. The molecule has 6 aliphatic heterocycles. The molecule has 18 nitrogen and oxygen atoms in total. The Morgan fingerprint density at radius 1 is 0.569 bits per heavy atom. The van der Waals surface area contributed by atoms with Crippen LogP contribution < -0.4 is 0 Å². The van der Waals surface area contributed by atoms with Crippen molar-refractivity contribution in [2.24, 2.45) is 23.7 Å². The summed E-state index contributed by atoms with van der Waals surface area (Å²) in [4.78, 5) is 98.2. The van der Waals surface area contributed by atoms with Crippen LogP contribution >= 0.6 is 0 Å². The van der Waals surface area contributed by atoms with Gasteiger partial charge in [0.15, 0.2) is 24.4 Å². The zero-order valence-corrected chi connectivity index (χ0v) is 34.7. The lowest BCUT2D eigenvalue weighted by Gasteiger charge is -2.37. The smallest absolute Gasteiger partial charge is 0.422 e. The number of hydrogen-bond acceptors (Lipinski definition) is 18. The van der Waals surface area contributed by atoms with Crippen molar-refractivity contribution in [3.8, 4) is 0 Å². The molecule has 12 atom stereocenters. The number of rotatable bonds is 12. The summed E-state index contributed by atoms with van der Waals surface area (Å²) in [7, 11) is 2.31. The fraction of sp³-hybridized carbons (Fsp3) is 0.707. The number of fused-ring (bicyclic) bond motifs is 2. The topological polar surface area (TPSA) is 229 Å². The Bertz CT molecular complexity index is 2020. The molecule has 0 aromatic heterocycles. The second kappa shape index (κ2) is 17.5. The van der Waals surface area contributed by atoms with Crippen molar-refractivity contribution in [1.29, 1.82) is 0 Å². The highest BCUT2D eigenvalue weighted by molar-refractivity contribution is 5.91. The second-order valence-electron chi connectivity index (χ2n) is 17.2. The molecule has 6 saturated heterocycles. The van der Waals surface area contributed by atoms with E-state index < -0.39 is 168 Å². The zero-order valence-electron chi connectivity index (χ0n) is 34.7. The zero-order chi connectivity index (χ0) is 47.6. The average Bonchev–Trinajstić information content (AvgIpc) is 4.10. The van der Waals surface area contributed by atoms with E-state index in [9.17, 15) is 64.7 Å². The molecule has 0 N–H and O–H groups in total. The molecule has 2 saturated carbocycles. The SMILES string of the molecule is C=C(C(=O)OC1(CC(=O)OC2C3OC(=O)C4C3OC2C4C(=O)OC)CCCC1)C(F)(F)F.C=C(C(=O)OC1(CC(=O)OC2C3OC(=O)C4C3OC2C4C(=O)OC)CCCCC1)C(F)(F)F. The molecule has 2 aliphatic carbocycles. The Labute approximate surface area is 364 Å². The first kappa shape index (κ1) is 47.7. The van der Waals surface area contributed by atoms with Gasteiger partial charge in [0.25, 0.3) is 0 Å². The molecule has 24 heteroatoms. The van der Waals surface area contributed by atoms with E-state index in [2.05, 4.69) is 13.2 Å². The largest absolute Gasteiger partial charge is 0.469 e. The minimum absolute atomic E-state index is 0.178. The minimum atomic E-state index is -4.96. The fourth-order valence-corrected chi connectivity index (χ4v) is 10.3. The van der Waals surface area contributed by atoms with Gasteiger partial charge in [-0.3, -0.25) is 28.8 Å². The fourth-order valence-electron chi connectivity index (χ4n) is 10.3. The van der Waals surface area contributed by atoms with E-state index in [1.54, 1.807) is 0 Å². The monoisotopic (exact) mass is 938 g/mol. The lowest BCUT2D eigenvalue weighted by Crippen LogP contribution is -2.49.